The van der Waals surface area contributed by atoms with E-state index >= 15 is 0 Å². The molecule has 0 bridgehead atoms. The molecule has 0 aromatic carbocycles. The van der Waals surface area contributed by atoms with Crippen LogP contribution < -0.4 is 0 Å². The first-order valence-electron chi connectivity index (χ1n) is 5.81. The average Bonchev–Trinajstić information content (AvgIpc) is 2.76. The number of Topliss-reactive ketones (excluding diaryl/α,β-unsaturated/α-hetero) is 1. The molecule has 3 nitrogen and oxygen atoms in total. The molecule has 80 valence electrons. The van der Waals surface area contributed by atoms with Crippen LogP contribution in [0, 0.1) is 0 Å². The molecule has 2 aliphatic rings. The van der Waals surface area contributed by atoms with E-state index in [9.17, 15) is 4.79 Å². The molecule has 0 saturated carbocycles. The van der Waals surface area contributed by atoms with E-state index in [1.807, 2.05) is 0 Å². The molecule has 2 aliphatic heterocycles. The molecule has 2 rings (SSSR count). The lowest BCUT2D eigenvalue weighted by atomic mass is 10.3. The van der Waals surface area contributed by atoms with Gasteiger partial charge in [-0.25, -0.2) is 0 Å². The maximum atomic E-state index is 11.7. The second-order valence-corrected chi connectivity index (χ2v) is 4.51. The van der Waals surface area contributed by atoms with Gasteiger partial charge in [-0.3, -0.25) is 14.6 Å². The van der Waals surface area contributed by atoms with Crippen molar-refractivity contribution >= 4 is 5.78 Å². The van der Waals surface area contributed by atoms with E-state index in [4.69, 9.17) is 0 Å². The molecule has 3 heteroatoms. The van der Waals surface area contributed by atoms with E-state index in [2.05, 4.69) is 9.80 Å². The van der Waals surface area contributed by atoms with Gasteiger partial charge in [0.25, 0.3) is 0 Å². The SMILES string of the molecule is O=C(CN1CCCC1)CN1CCCC1. The molecule has 0 N–H and O–H groups in total. The monoisotopic (exact) mass is 196 g/mol. The number of rotatable bonds is 4. The van der Waals surface area contributed by atoms with Gasteiger partial charge in [-0.1, -0.05) is 0 Å². The lowest BCUT2D eigenvalue weighted by Crippen LogP contribution is -2.34. The number of hydrogen-bond acceptors (Lipinski definition) is 3. The van der Waals surface area contributed by atoms with Gasteiger partial charge in [0.1, 0.15) is 0 Å². The maximum absolute atomic E-state index is 11.7. The van der Waals surface area contributed by atoms with Crippen LogP contribution in [-0.4, -0.2) is 54.9 Å². The Morgan fingerprint density at radius 3 is 1.50 bits per heavy atom. The summed E-state index contributed by atoms with van der Waals surface area (Å²) in [4.78, 5) is 16.3. The van der Waals surface area contributed by atoms with Gasteiger partial charge in [0, 0.05) is 0 Å². The predicted molar refractivity (Wildman–Crippen MR) is 56.4 cm³/mol. The molecule has 2 fully saturated rings. The first-order valence-corrected chi connectivity index (χ1v) is 5.81. The molecule has 0 unspecified atom stereocenters. The van der Waals surface area contributed by atoms with E-state index in [0.717, 1.165) is 26.2 Å². The Kier molecular flexibility index (Phi) is 3.54. The molecule has 0 spiro atoms. The van der Waals surface area contributed by atoms with Crippen molar-refractivity contribution in [2.24, 2.45) is 0 Å². The Morgan fingerprint density at radius 1 is 0.786 bits per heavy atom. The second-order valence-electron chi connectivity index (χ2n) is 4.51. The van der Waals surface area contributed by atoms with Crippen molar-refractivity contribution in [3.63, 3.8) is 0 Å². The molecule has 0 aromatic rings. The summed E-state index contributed by atoms with van der Waals surface area (Å²) in [5.41, 5.74) is 0. The summed E-state index contributed by atoms with van der Waals surface area (Å²) in [6, 6.07) is 0. The van der Waals surface area contributed by atoms with Crippen molar-refractivity contribution in [3.8, 4) is 0 Å². The number of carbonyl (C=O) groups is 1. The Hall–Kier alpha value is -0.410. The maximum Gasteiger partial charge on any atom is 0.160 e. The van der Waals surface area contributed by atoms with Crippen LogP contribution in [0.25, 0.3) is 0 Å². The van der Waals surface area contributed by atoms with E-state index in [1.54, 1.807) is 0 Å². The molecule has 0 aliphatic carbocycles. The third-order valence-corrected chi connectivity index (χ3v) is 3.20. The summed E-state index contributed by atoms with van der Waals surface area (Å²) in [6.07, 6.45) is 5.10. The van der Waals surface area contributed by atoms with Crippen molar-refractivity contribution in [1.29, 1.82) is 0 Å². The van der Waals surface area contributed by atoms with Crippen LogP contribution in [0.2, 0.25) is 0 Å². The lowest BCUT2D eigenvalue weighted by Gasteiger charge is -2.17. The van der Waals surface area contributed by atoms with E-state index in [-0.39, 0.29) is 0 Å². The molecule has 0 radical (unpaired) electrons. The van der Waals surface area contributed by atoms with Crippen molar-refractivity contribution in [3.05, 3.63) is 0 Å². The standard InChI is InChI=1S/C11H20N2O/c14-11(9-12-5-1-2-6-12)10-13-7-3-4-8-13/h1-10H2. The summed E-state index contributed by atoms with van der Waals surface area (Å²) < 4.78 is 0. The topological polar surface area (TPSA) is 23.6 Å². The van der Waals surface area contributed by atoms with Gasteiger partial charge >= 0.3 is 0 Å². The van der Waals surface area contributed by atoms with Crippen LogP contribution >= 0.6 is 0 Å². The first-order chi connectivity index (χ1) is 6.84. The molecule has 14 heavy (non-hydrogen) atoms. The predicted octanol–water partition coefficient (Wildman–Crippen LogP) is 0.747. The molecule has 2 saturated heterocycles. The third kappa shape index (κ3) is 2.79. The number of likely N-dealkylation sites (tertiary alicyclic amines) is 2. The normalized spacial score (nSPS) is 24.6. The summed E-state index contributed by atoms with van der Waals surface area (Å²) in [6.45, 7) is 5.90. The molecule has 0 atom stereocenters. The number of carbonyl (C=O) groups excluding carboxylic acids is 1. The average molecular weight is 196 g/mol. The fourth-order valence-corrected chi connectivity index (χ4v) is 2.43. The van der Waals surface area contributed by atoms with Crippen LogP contribution in [0.3, 0.4) is 0 Å². The van der Waals surface area contributed by atoms with Gasteiger partial charge in [0.15, 0.2) is 5.78 Å². The third-order valence-electron chi connectivity index (χ3n) is 3.20. The van der Waals surface area contributed by atoms with Gasteiger partial charge in [-0.15, -0.1) is 0 Å². The van der Waals surface area contributed by atoms with Crippen LogP contribution in [0.1, 0.15) is 25.7 Å². The van der Waals surface area contributed by atoms with Crippen molar-refractivity contribution in [2.45, 2.75) is 25.7 Å². The Bertz CT molecular complexity index is 173. The fourth-order valence-electron chi connectivity index (χ4n) is 2.43. The number of nitrogens with zero attached hydrogens (tertiary/aromatic N) is 2. The van der Waals surface area contributed by atoms with E-state index in [0.29, 0.717) is 18.9 Å². The zero-order valence-corrected chi connectivity index (χ0v) is 8.87. The minimum atomic E-state index is 0.411. The Morgan fingerprint density at radius 2 is 1.14 bits per heavy atom. The van der Waals surface area contributed by atoms with Gasteiger partial charge in [0.2, 0.25) is 0 Å². The van der Waals surface area contributed by atoms with E-state index in [1.165, 1.54) is 25.7 Å². The summed E-state index contributed by atoms with van der Waals surface area (Å²) in [5, 5.41) is 0. The summed E-state index contributed by atoms with van der Waals surface area (Å²) in [7, 11) is 0. The van der Waals surface area contributed by atoms with Gasteiger partial charge in [-0.2, -0.15) is 0 Å². The Labute approximate surface area is 86.1 Å². The van der Waals surface area contributed by atoms with Gasteiger partial charge < -0.3 is 0 Å². The van der Waals surface area contributed by atoms with Crippen molar-refractivity contribution in [2.75, 3.05) is 39.3 Å². The lowest BCUT2D eigenvalue weighted by molar-refractivity contribution is -0.120. The molecule has 2 heterocycles. The summed E-state index contributed by atoms with van der Waals surface area (Å²) in [5.74, 6) is 0.411. The van der Waals surface area contributed by atoms with Crippen molar-refractivity contribution < 1.29 is 4.79 Å². The van der Waals surface area contributed by atoms with Gasteiger partial charge in [-0.05, 0) is 51.9 Å². The summed E-state index contributed by atoms with van der Waals surface area (Å²) >= 11 is 0. The van der Waals surface area contributed by atoms with E-state index < -0.39 is 0 Å². The largest absolute Gasteiger partial charge is 0.297 e. The van der Waals surface area contributed by atoms with Crippen LogP contribution in [0.15, 0.2) is 0 Å². The highest BCUT2D eigenvalue weighted by molar-refractivity contribution is 5.82. The van der Waals surface area contributed by atoms with Crippen molar-refractivity contribution in [1.82, 2.24) is 9.80 Å². The molecular weight excluding hydrogens is 176 g/mol. The fraction of sp³-hybridized carbons (Fsp3) is 0.909. The number of ketones is 1. The van der Waals surface area contributed by atoms with Crippen LogP contribution in [0.4, 0.5) is 0 Å². The van der Waals surface area contributed by atoms with Crippen LogP contribution in [0.5, 0.6) is 0 Å². The highest BCUT2D eigenvalue weighted by Gasteiger charge is 2.18. The molecule has 0 aromatic heterocycles. The number of hydrogen-bond donors (Lipinski definition) is 0. The van der Waals surface area contributed by atoms with Gasteiger partial charge in [0.05, 0.1) is 13.1 Å². The second kappa shape index (κ2) is 4.89. The quantitative estimate of drug-likeness (QED) is 0.663. The molecule has 0 amide bonds. The minimum absolute atomic E-state index is 0.411. The minimum Gasteiger partial charge on any atom is -0.297 e. The Balaban J connectivity index is 1.66. The zero-order valence-electron chi connectivity index (χ0n) is 8.87. The van der Waals surface area contributed by atoms with Crippen LogP contribution in [-0.2, 0) is 4.79 Å². The first kappa shape index (κ1) is 10.1. The highest BCUT2D eigenvalue weighted by Crippen LogP contribution is 2.09. The highest BCUT2D eigenvalue weighted by atomic mass is 16.1. The smallest absolute Gasteiger partial charge is 0.160 e. The zero-order chi connectivity index (χ0) is 9.80. The molecular formula is C11H20N2O.